The second-order valence-corrected chi connectivity index (χ2v) is 12.1. The predicted molar refractivity (Wildman–Crippen MR) is 150 cm³/mol. The van der Waals surface area contributed by atoms with Gasteiger partial charge in [-0.1, -0.05) is 59.1 Å². The first-order valence-electron chi connectivity index (χ1n) is 12.0. The number of aryl methyl sites for hydroxylation is 1. The SMILES string of the molecule is CCCCNC(=O)[C@@H](C)N(Cc1cccc(Br)c1)C(=O)CCCN(c1cc(Cl)ccc1C)S(C)(=O)=O. The number of carbonyl (C=O) groups excluding carboxylic acids is 2. The molecule has 0 spiro atoms. The minimum atomic E-state index is -3.59. The monoisotopic (exact) mass is 599 g/mol. The van der Waals surface area contributed by atoms with Crippen LogP contribution in [0.2, 0.25) is 5.02 Å². The van der Waals surface area contributed by atoms with Crippen molar-refractivity contribution in [2.24, 2.45) is 0 Å². The molecule has 0 radical (unpaired) electrons. The molecule has 1 atom stereocenters. The molecule has 36 heavy (non-hydrogen) atoms. The fourth-order valence-corrected chi connectivity index (χ4v) is 5.41. The molecule has 1 N–H and O–H groups in total. The van der Waals surface area contributed by atoms with E-state index >= 15 is 0 Å². The van der Waals surface area contributed by atoms with Crippen LogP contribution in [0.1, 0.15) is 50.7 Å². The maximum atomic E-state index is 13.3. The molecule has 0 aliphatic carbocycles. The standard InChI is InChI=1S/C26H35BrClN3O4S/c1-5-6-14-29-26(33)20(3)30(18-21-9-7-10-22(27)16-21)25(32)11-8-15-31(36(4,34)35)24-17-23(28)13-12-19(24)2/h7,9-10,12-13,16-17,20H,5-6,8,11,14-15,18H2,1-4H3,(H,29,33)/t20-/m1/s1. The van der Waals surface area contributed by atoms with E-state index in [1.807, 2.05) is 38.1 Å². The lowest BCUT2D eigenvalue weighted by Crippen LogP contribution is -2.48. The average Bonchev–Trinajstić information content (AvgIpc) is 2.81. The first-order valence-corrected chi connectivity index (χ1v) is 15.0. The summed E-state index contributed by atoms with van der Waals surface area (Å²) in [6, 6.07) is 12.0. The van der Waals surface area contributed by atoms with Crippen LogP contribution in [0.3, 0.4) is 0 Å². The Labute approximate surface area is 228 Å². The Kier molecular flexibility index (Phi) is 11.7. The third kappa shape index (κ3) is 9.09. The zero-order valence-electron chi connectivity index (χ0n) is 21.3. The summed E-state index contributed by atoms with van der Waals surface area (Å²) in [4.78, 5) is 27.7. The number of sulfonamides is 1. The molecule has 198 valence electrons. The number of nitrogens with one attached hydrogen (secondary N) is 1. The van der Waals surface area contributed by atoms with E-state index in [0.29, 0.717) is 17.3 Å². The fourth-order valence-electron chi connectivity index (χ4n) is 3.78. The largest absolute Gasteiger partial charge is 0.354 e. The van der Waals surface area contributed by atoms with Gasteiger partial charge in [-0.3, -0.25) is 13.9 Å². The first-order chi connectivity index (χ1) is 16.9. The Morgan fingerprint density at radius 1 is 1.14 bits per heavy atom. The Bertz CT molecular complexity index is 1160. The van der Waals surface area contributed by atoms with Crippen LogP contribution in [0.5, 0.6) is 0 Å². The summed E-state index contributed by atoms with van der Waals surface area (Å²) in [5.41, 5.74) is 2.15. The summed E-state index contributed by atoms with van der Waals surface area (Å²) in [7, 11) is -3.59. The maximum Gasteiger partial charge on any atom is 0.242 e. The lowest BCUT2D eigenvalue weighted by atomic mass is 10.1. The van der Waals surface area contributed by atoms with Crippen molar-refractivity contribution in [1.82, 2.24) is 10.2 Å². The number of anilines is 1. The van der Waals surface area contributed by atoms with Crippen molar-refractivity contribution in [3.8, 4) is 0 Å². The summed E-state index contributed by atoms with van der Waals surface area (Å²) in [6.45, 7) is 6.52. The molecular weight excluding hydrogens is 566 g/mol. The van der Waals surface area contributed by atoms with Crippen LogP contribution < -0.4 is 9.62 Å². The highest BCUT2D eigenvalue weighted by molar-refractivity contribution is 9.10. The highest BCUT2D eigenvalue weighted by atomic mass is 79.9. The molecule has 2 rings (SSSR count). The van der Waals surface area contributed by atoms with Gasteiger partial charge in [0.1, 0.15) is 6.04 Å². The number of amides is 2. The van der Waals surface area contributed by atoms with Crippen LogP contribution >= 0.6 is 27.5 Å². The zero-order chi connectivity index (χ0) is 26.9. The van der Waals surface area contributed by atoms with Gasteiger partial charge in [-0.2, -0.15) is 0 Å². The first kappa shape index (κ1) is 30.1. The zero-order valence-corrected chi connectivity index (χ0v) is 24.4. The number of halogens is 2. The molecule has 7 nitrogen and oxygen atoms in total. The Hall–Kier alpha value is -2.10. The van der Waals surface area contributed by atoms with Crippen LogP contribution in [-0.4, -0.2) is 50.5 Å². The van der Waals surface area contributed by atoms with Gasteiger partial charge in [-0.25, -0.2) is 8.42 Å². The summed E-state index contributed by atoms with van der Waals surface area (Å²) < 4.78 is 27.2. The number of rotatable bonds is 13. The van der Waals surface area contributed by atoms with Gasteiger partial charge in [-0.05, 0) is 62.1 Å². The highest BCUT2D eigenvalue weighted by Crippen LogP contribution is 2.27. The number of unbranched alkanes of at least 4 members (excludes halogenated alkanes) is 1. The molecule has 0 aliphatic rings. The van der Waals surface area contributed by atoms with Crippen molar-refractivity contribution >= 4 is 55.1 Å². The lowest BCUT2D eigenvalue weighted by molar-refractivity contribution is -0.140. The van der Waals surface area contributed by atoms with E-state index in [9.17, 15) is 18.0 Å². The summed E-state index contributed by atoms with van der Waals surface area (Å²) in [6.07, 6.45) is 3.33. The van der Waals surface area contributed by atoms with Crippen LogP contribution in [0.15, 0.2) is 46.9 Å². The van der Waals surface area contributed by atoms with Crippen molar-refractivity contribution in [3.05, 3.63) is 63.1 Å². The van der Waals surface area contributed by atoms with Gasteiger partial charge in [0, 0.05) is 35.6 Å². The lowest BCUT2D eigenvalue weighted by Gasteiger charge is -2.29. The van der Waals surface area contributed by atoms with Gasteiger partial charge in [0.15, 0.2) is 0 Å². The van der Waals surface area contributed by atoms with Gasteiger partial charge in [0.2, 0.25) is 21.8 Å². The normalized spacial score (nSPS) is 12.2. The second-order valence-electron chi connectivity index (χ2n) is 8.84. The van der Waals surface area contributed by atoms with Gasteiger partial charge < -0.3 is 10.2 Å². The highest BCUT2D eigenvalue weighted by Gasteiger charge is 2.27. The van der Waals surface area contributed by atoms with Crippen molar-refractivity contribution in [2.45, 2.75) is 59.0 Å². The van der Waals surface area contributed by atoms with Crippen molar-refractivity contribution < 1.29 is 18.0 Å². The molecule has 0 aromatic heterocycles. The van der Waals surface area contributed by atoms with Crippen LogP contribution in [0.25, 0.3) is 0 Å². The molecule has 0 heterocycles. The quantitative estimate of drug-likeness (QED) is 0.317. The van der Waals surface area contributed by atoms with E-state index in [4.69, 9.17) is 11.6 Å². The average molecular weight is 601 g/mol. The van der Waals surface area contributed by atoms with E-state index in [1.54, 1.807) is 30.0 Å². The van der Waals surface area contributed by atoms with Crippen molar-refractivity contribution in [3.63, 3.8) is 0 Å². The molecule has 2 aromatic carbocycles. The molecule has 0 unspecified atom stereocenters. The van der Waals surface area contributed by atoms with Gasteiger partial charge in [-0.15, -0.1) is 0 Å². The molecule has 10 heteroatoms. The molecule has 0 aliphatic heterocycles. The minimum absolute atomic E-state index is 0.0895. The smallest absolute Gasteiger partial charge is 0.242 e. The van der Waals surface area contributed by atoms with E-state index in [0.717, 1.165) is 34.7 Å². The predicted octanol–water partition coefficient (Wildman–Crippen LogP) is 5.29. The summed E-state index contributed by atoms with van der Waals surface area (Å²) in [5.74, 6) is -0.427. The van der Waals surface area contributed by atoms with Crippen LogP contribution in [0.4, 0.5) is 5.69 Å². The van der Waals surface area contributed by atoms with Gasteiger partial charge >= 0.3 is 0 Å². The number of hydrogen-bond acceptors (Lipinski definition) is 4. The van der Waals surface area contributed by atoms with Crippen molar-refractivity contribution in [1.29, 1.82) is 0 Å². The minimum Gasteiger partial charge on any atom is -0.354 e. The molecule has 0 bridgehead atoms. The summed E-state index contributed by atoms with van der Waals surface area (Å²) >= 11 is 9.56. The van der Waals surface area contributed by atoms with E-state index < -0.39 is 16.1 Å². The number of carbonyl (C=O) groups is 2. The topological polar surface area (TPSA) is 86.8 Å². The summed E-state index contributed by atoms with van der Waals surface area (Å²) in [5, 5.41) is 3.33. The second kappa shape index (κ2) is 14.0. The Morgan fingerprint density at radius 3 is 2.50 bits per heavy atom. The molecular formula is C26H35BrClN3O4S. The van der Waals surface area contributed by atoms with E-state index in [2.05, 4.69) is 21.2 Å². The molecule has 0 saturated heterocycles. The van der Waals surface area contributed by atoms with Gasteiger partial charge in [0.05, 0.1) is 11.9 Å². The molecule has 0 fully saturated rings. The van der Waals surface area contributed by atoms with Crippen molar-refractivity contribution in [2.75, 3.05) is 23.7 Å². The third-order valence-corrected chi connectivity index (χ3v) is 7.74. The van der Waals surface area contributed by atoms with E-state index in [-0.39, 0.29) is 37.7 Å². The fraction of sp³-hybridized carbons (Fsp3) is 0.462. The maximum absolute atomic E-state index is 13.3. The van der Waals surface area contributed by atoms with Gasteiger partial charge in [0.25, 0.3) is 0 Å². The molecule has 2 aromatic rings. The number of hydrogen-bond donors (Lipinski definition) is 1. The van der Waals surface area contributed by atoms with E-state index in [1.165, 1.54) is 4.31 Å². The molecule has 0 saturated carbocycles. The third-order valence-electron chi connectivity index (χ3n) is 5.83. The number of benzene rings is 2. The Balaban J connectivity index is 2.18. The Morgan fingerprint density at radius 2 is 1.86 bits per heavy atom. The molecule has 2 amide bonds. The van der Waals surface area contributed by atoms with Crippen LogP contribution in [0, 0.1) is 6.92 Å². The van der Waals surface area contributed by atoms with Crippen LogP contribution in [-0.2, 0) is 26.2 Å². The number of nitrogens with zero attached hydrogens (tertiary/aromatic N) is 2.